The van der Waals surface area contributed by atoms with Crippen LogP contribution in [0.3, 0.4) is 0 Å². The maximum Gasteiger partial charge on any atom is 0.261 e. The van der Waals surface area contributed by atoms with Gasteiger partial charge in [0.25, 0.3) is 5.89 Å². The minimum Gasteiger partial charge on any atom is -0.505 e. The summed E-state index contributed by atoms with van der Waals surface area (Å²) >= 11 is 0. The highest BCUT2D eigenvalue weighted by Gasteiger charge is 2.35. The van der Waals surface area contributed by atoms with E-state index in [1.807, 2.05) is 0 Å². The Morgan fingerprint density at radius 2 is 2.33 bits per heavy atom. The van der Waals surface area contributed by atoms with Gasteiger partial charge in [-0.25, -0.2) is 0 Å². The maximum absolute atomic E-state index is 9.78. The number of fused-ring (bicyclic) bond motifs is 1. The fraction of sp³-hybridized carbons (Fsp3) is 0.500. The largest absolute Gasteiger partial charge is 0.505 e. The summed E-state index contributed by atoms with van der Waals surface area (Å²) in [5.74, 6) is 0.848. The SMILES string of the molecule is Oc1cnccc1-c1nc(C2CN3CCCC3CO2)no1. The molecule has 0 bridgehead atoms. The Bertz CT molecular complexity index is 645. The topological polar surface area (TPSA) is 84.5 Å². The van der Waals surface area contributed by atoms with E-state index in [0.717, 1.165) is 19.7 Å². The molecule has 7 nitrogen and oxygen atoms in total. The second-order valence-electron chi connectivity index (χ2n) is 5.46. The molecule has 4 heterocycles. The minimum atomic E-state index is -0.166. The maximum atomic E-state index is 9.78. The van der Waals surface area contributed by atoms with Crippen molar-refractivity contribution < 1.29 is 14.4 Å². The Balaban J connectivity index is 1.56. The Kier molecular flexibility index (Phi) is 3.08. The van der Waals surface area contributed by atoms with Gasteiger partial charge in [0.2, 0.25) is 5.82 Å². The first-order valence-electron chi connectivity index (χ1n) is 7.14. The van der Waals surface area contributed by atoms with Crippen LogP contribution in [-0.4, -0.2) is 50.9 Å². The summed E-state index contributed by atoms with van der Waals surface area (Å²) in [6.45, 7) is 2.63. The van der Waals surface area contributed by atoms with Crippen LogP contribution in [0.25, 0.3) is 11.5 Å². The molecule has 2 aromatic heterocycles. The second-order valence-corrected chi connectivity index (χ2v) is 5.46. The molecule has 110 valence electrons. The highest BCUT2D eigenvalue weighted by molar-refractivity contribution is 5.60. The molecule has 2 atom stereocenters. The lowest BCUT2D eigenvalue weighted by atomic mass is 10.2. The van der Waals surface area contributed by atoms with E-state index in [1.54, 1.807) is 12.3 Å². The molecule has 0 aromatic carbocycles. The summed E-state index contributed by atoms with van der Waals surface area (Å²) < 4.78 is 11.1. The molecule has 1 N–H and O–H groups in total. The normalized spacial score (nSPS) is 25.9. The first-order valence-corrected chi connectivity index (χ1v) is 7.14. The summed E-state index contributed by atoms with van der Waals surface area (Å²) in [4.78, 5) is 10.6. The predicted octanol–water partition coefficient (Wildman–Crippen LogP) is 1.37. The molecule has 7 heteroatoms. The van der Waals surface area contributed by atoms with Crippen LogP contribution in [0.5, 0.6) is 5.75 Å². The smallest absolute Gasteiger partial charge is 0.261 e. The lowest BCUT2D eigenvalue weighted by Crippen LogP contribution is -2.42. The third-order valence-corrected chi connectivity index (χ3v) is 4.15. The van der Waals surface area contributed by atoms with Gasteiger partial charge < -0.3 is 14.4 Å². The molecule has 2 aliphatic rings. The molecule has 0 aliphatic carbocycles. The van der Waals surface area contributed by atoms with Crippen molar-refractivity contribution in [1.82, 2.24) is 20.0 Å². The van der Waals surface area contributed by atoms with Crippen molar-refractivity contribution in [2.75, 3.05) is 19.7 Å². The number of morpholine rings is 1. The zero-order chi connectivity index (χ0) is 14.2. The van der Waals surface area contributed by atoms with Crippen molar-refractivity contribution in [3.05, 3.63) is 24.3 Å². The number of nitrogens with zero attached hydrogens (tertiary/aromatic N) is 4. The molecule has 0 radical (unpaired) electrons. The van der Waals surface area contributed by atoms with Crippen LogP contribution in [0, 0.1) is 0 Å². The molecule has 2 aromatic rings. The van der Waals surface area contributed by atoms with Crippen LogP contribution in [0.1, 0.15) is 24.8 Å². The summed E-state index contributed by atoms with van der Waals surface area (Å²) in [5, 5.41) is 13.8. The number of rotatable bonds is 2. The average molecular weight is 288 g/mol. The average Bonchev–Trinajstić information content (AvgIpc) is 3.16. The van der Waals surface area contributed by atoms with E-state index < -0.39 is 0 Å². The Labute approximate surface area is 121 Å². The standard InChI is InChI=1S/C14H16N4O3/c19-11-6-15-4-3-10(11)14-16-13(17-21-14)12-7-18-5-1-2-9(18)8-20-12/h3-4,6,9,12,19H,1-2,5,7-8H2. The van der Waals surface area contributed by atoms with E-state index in [-0.39, 0.29) is 17.7 Å². The van der Waals surface area contributed by atoms with E-state index in [0.29, 0.717) is 17.4 Å². The Hall–Kier alpha value is -1.99. The van der Waals surface area contributed by atoms with Gasteiger partial charge in [-0.3, -0.25) is 9.88 Å². The van der Waals surface area contributed by atoms with Gasteiger partial charge in [0.15, 0.2) is 0 Å². The van der Waals surface area contributed by atoms with Crippen molar-refractivity contribution in [2.45, 2.75) is 25.0 Å². The van der Waals surface area contributed by atoms with Crippen LogP contribution in [-0.2, 0) is 4.74 Å². The number of pyridine rings is 1. The van der Waals surface area contributed by atoms with Crippen LogP contribution < -0.4 is 0 Å². The summed E-state index contributed by atoms with van der Waals surface area (Å²) in [5.41, 5.74) is 0.485. The molecule has 2 fully saturated rings. The highest BCUT2D eigenvalue weighted by atomic mass is 16.5. The fourth-order valence-electron chi connectivity index (χ4n) is 3.02. The zero-order valence-corrected chi connectivity index (χ0v) is 11.5. The zero-order valence-electron chi connectivity index (χ0n) is 11.5. The fourth-order valence-corrected chi connectivity index (χ4v) is 3.02. The number of hydrogen-bond donors (Lipinski definition) is 1. The van der Waals surface area contributed by atoms with E-state index in [9.17, 15) is 5.11 Å². The number of hydrogen-bond acceptors (Lipinski definition) is 7. The number of ether oxygens (including phenoxy) is 1. The second kappa shape index (κ2) is 5.09. The van der Waals surface area contributed by atoms with E-state index in [1.165, 1.54) is 19.0 Å². The molecule has 2 unspecified atom stereocenters. The summed E-state index contributed by atoms with van der Waals surface area (Å²) in [6, 6.07) is 2.18. The summed E-state index contributed by atoms with van der Waals surface area (Å²) in [7, 11) is 0. The van der Waals surface area contributed by atoms with Gasteiger partial charge in [-0.15, -0.1) is 0 Å². The van der Waals surface area contributed by atoms with Crippen LogP contribution in [0.15, 0.2) is 23.0 Å². The number of aromatic hydroxyl groups is 1. The Morgan fingerprint density at radius 1 is 1.38 bits per heavy atom. The molecular formula is C14H16N4O3. The van der Waals surface area contributed by atoms with Gasteiger partial charge >= 0.3 is 0 Å². The van der Waals surface area contributed by atoms with Crippen LogP contribution in [0.2, 0.25) is 0 Å². The highest BCUT2D eigenvalue weighted by Crippen LogP contribution is 2.31. The van der Waals surface area contributed by atoms with Crippen molar-refractivity contribution in [2.24, 2.45) is 0 Å². The molecule has 4 rings (SSSR count). The number of aromatic nitrogens is 3. The third kappa shape index (κ3) is 2.28. The van der Waals surface area contributed by atoms with Gasteiger partial charge in [-0.2, -0.15) is 4.98 Å². The molecule has 2 aliphatic heterocycles. The van der Waals surface area contributed by atoms with E-state index in [2.05, 4.69) is 20.0 Å². The predicted molar refractivity (Wildman–Crippen MR) is 72.5 cm³/mol. The first kappa shape index (κ1) is 12.7. The lowest BCUT2D eigenvalue weighted by Gasteiger charge is -2.33. The van der Waals surface area contributed by atoms with Gasteiger partial charge in [0.05, 0.1) is 18.4 Å². The molecule has 0 saturated carbocycles. The van der Waals surface area contributed by atoms with Crippen LogP contribution in [0.4, 0.5) is 0 Å². The molecule has 21 heavy (non-hydrogen) atoms. The molecule has 2 saturated heterocycles. The lowest BCUT2D eigenvalue weighted by molar-refractivity contribution is -0.0548. The third-order valence-electron chi connectivity index (χ3n) is 4.15. The Morgan fingerprint density at radius 3 is 3.24 bits per heavy atom. The van der Waals surface area contributed by atoms with Gasteiger partial charge in [-0.1, -0.05) is 5.16 Å². The van der Waals surface area contributed by atoms with Crippen molar-refractivity contribution in [3.8, 4) is 17.2 Å². The minimum absolute atomic E-state index is 0.0249. The van der Waals surface area contributed by atoms with Gasteiger partial charge in [0.1, 0.15) is 11.9 Å². The van der Waals surface area contributed by atoms with Gasteiger partial charge in [0, 0.05) is 18.8 Å². The molecule has 0 amide bonds. The van der Waals surface area contributed by atoms with Gasteiger partial charge in [-0.05, 0) is 25.5 Å². The monoisotopic (exact) mass is 288 g/mol. The molecular weight excluding hydrogens is 272 g/mol. The van der Waals surface area contributed by atoms with E-state index in [4.69, 9.17) is 9.26 Å². The van der Waals surface area contributed by atoms with Crippen molar-refractivity contribution in [3.63, 3.8) is 0 Å². The van der Waals surface area contributed by atoms with E-state index >= 15 is 0 Å². The first-order chi connectivity index (χ1) is 10.3. The van der Waals surface area contributed by atoms with Crippen molar-refractivity contribution in [1.29, 1.82) is 0 Å². The summed E-state index contributed by atoms with van der Waals surface area (Å²) in [6.07, 6.45) is 5.19. The molecule has 0 spiro atoms. The quantitative estimate of drug-likeness (QED) is 0.893. The van der Waals surface area contributed by atoms with Crippen molar-refractivity contribution >= 4 is 0 Å². The van der Waals surface area contributed by atoms with Crippen LogP contribution >= 0.6 is 0 Å².